The molecule has 0 radical (unpaired) electrons. The van der Waals surface area contributed by atoms with E-state index in [-0.39, 0.29) is 0 Å². The van der Waals surface area contributed by atoms with E-state index in [1.54, 1.807) is 11.6 Å². The van der Waals surface area contributed by atoms with Gasteiger partial charge in [0, 0.05) is 0 Å². The number of hydrogen-bond acceptors (Lipinski definition) is 3. The number of aromatic nitrogens is 2. The van der Waals surface area contributed by atoms with Crippen molar-refractivity contribution in [2.75, 3.05) is 5.73 Å². The summed E-state index contributed by atoms with van der Waals surface area (Å²) >= 11 is 0. The van der Waals surface area contributed by atoms with Crippen LogP contribution in [-0.2, 0) is 0 Å². The molecule has 0 bridgehead atoms. The Kier molecular flexibility index (Phi) is 2.60. The number of nitrogens with zero attached hydrogens (tertiary/aromatic N) is 3. The SMILES string of the molecule is Cc1ccc(C)c(-n2nc(C)c(C#N)c2N)c1. The predicted molar refractivity (Wildman–Crippen MR) is 66.9 cm³/mol. The molecular weight excluding hydrogens is 212 g/mol. The fraction of sp³-hybridized carbons (Fsp3) is 0.231. The maximum absolute atomic E-state index is 9.00. The van der Waals surface area contributed by atoms with Crippen molar-refractivity contribution in [2.45, 2.75) is 20.8 Å². The zero-order chi connectivity index (χ0) is 12.6. The van der Waals surface area contributed by atoms with Gasteiger partial charge in [-0.05, 0) is 38.0 Å². The summed E-state index contributed by atoms with van der Waals surface area (Å²) in [4.78, 5) is 0. The summed E-state index contributed by atoms with van der Waals surface area (Å²) in [6.07, 6.45) is 0. The number of anilines is 1. The predicted octanol–water partition coefficient (Wildman–Crippen LogP) is 2.25. The molecule has 2 N–H and O–H groups in total. The lowest BCUT2D eigenvalue weighted by Crippen LogP contribution is -2.04. The van der Waals surface area contributed by atoms with Gasteiger partial charge in [-0.25, -0.2) is 4.68 Å². The highest BCUT2D eigenvalue weighted by Crippen LogP contribution is 2.22. The fourth-order valence-electron chi connectivity index (χ4n) is 1.81. The van der Waals surface area contributed by atoms with Gasteiger partial charge in [0.05, 0.1) is 11.4 Å². The number of hydrogen-bond donors (Lipinski definition) is 1. The molecule has 0 spiro atoms. The second kappa shape index (κ2) is 3.95. The van der Waals surface area contributed by atoms with Crippen LogP contribution in [0.5, 0.6) is 0 Å². The van der Waals surface area contributed by atoms with Crippen LogP contribution in [0.15, 0.2) is 18.2 Å². The molecule has 4 heteroatoms. The molecule has 1 aromatic carbocycles. The normalized spacial score (nSPS) is 10.2. The monoisotopic (exact) mass is 226 g/mol. The molecule has 0 aliphatic heterocycles. The first-order valence-corrected chi connectivity index (χ1v) is 5.37. The van der Waals surface area contributed by atoms with Crippen LogP contribution in [0.3, 0.4) is 0 Å². The minimum atomic E-state index is 0.402. The van der Waals surface area contributed by atoms with Crippen molar-refractivity contribution in [1.82, 2.24) is 9.78 Å². The van der Waals surface area contributed by atoms with Crippen LogP contribution in [0, 0.1) is 32.1 Å². The third kappa shape index (κ3) is 1.76. The number of nitrogen functional groups attached to an aromatic ring is 1. The highest BCUT2D eigenvalue weighted by molar-refractivity contribution is 5.57. The maximum Gasteiger partial charge on any atom is 0.145 e. The van der Waals surface area contributed by atoms with Gasteiger partial charge in [0.1, 0.15) is 17.5 Å². The van der Waals surface area contributed by atoms with E-state index in [0.29, 0.717) is 17.1 Å². The number of benzene rings is 1. The number of rotatable bonds is 1. The van der Waals surface area contributed by atoms with E-state index in [2.05, 4.69) is 11.2 Å². The van der Waals surface area contributed by atoms with Crippen molar-refractivity contribution < 1.29 is 0 Å². The summed E-state index contributed by atoms with van der Waals surface area (Å²) in [5.74, 6) is 0.402. The van der Waals surface area contributed by atoms with Crippen LogP contribution < -0.4 is 5.73 Å². The zero-order valence-corrected chi connectivity index (χ0v) is 10.2. The van der Waals surface area contributed by atoms with Crippen molar-refractivity contribution in [1.29, 1.82) is 5.26 Å². The molecule has 1 heterocycles. The Morgan fingerprint density at radius 2 is 2.00 bits per heavy atom. The largest absolute Gasteiger partial charge is 0.382 e. The lowest BCUT2D eigenvalue weighted by Gasteiger charge is -2.08. The van der Waals surface area contributed by atoms with Gasteiger partial charge < -0.3 is 5.73 Å². The van der Waals surface area contributed by atoms with Gasteiger partial charge >= 0.3 is 0 Å². The second-order valence-corrected chi connectivity index (χ2v) is 4.16. The van der Waals surface area contributed by atoms with E-state index in [0.717, 1.165) is 16.8 Å². The Labute approximate surface area is 100 Å². The summed E-state index contributed by atoms with van der Waals surface area (Å²) in [6, 6.07) is 8.15. The Morgan fingerprint density at radius 3 is 2.59 bits per heavy atom. The minimum absolute atomic E-state index is 0.402. The Bertz CT molecular complexity index is 617. The van der Waals surface area contributed by atoms with Crippen molar-refractivity contribution in [3.8, 4) is 11.8 Å². The van der Waals surface area contributed by atoms with Crippen LogP contribution in [0.2, 0.25) is 0 Å². The van der Waals surface area contributed by atoms with E-state index >= 15 is 0 Å². The van der Waals surface area contributed by atoms with Crippen LogP contribution in [0.25, 0.3) is 5.69 Å². The quantitative estimate of drug-likeness (QED) is 0.810. The molecule has 0 fully saturated rings. The van der Waals surface area contributed by atoms with Gasteiger partial charge in [0.15, 0.2) is 0 Å². The Morgan fingerprint density at radius 1 is 1.29 bits per heavy atom. The standard InChI is InChI=1S/C13H14N4/c1-8-4-5-9(2)12(6-8)17-13(15)11(7-14)10(3)16-17/h4-6H,15H2,1-3H3. The minimum Gasteiger partial charge on any atom is -0.382 e. The summed E-state index contributed by atoms with van der Waals surface area (Å²) in [6.45, 7) is 5.80. The summed E-state index contributed by atoms with van der Waals surface area (Å²) in [5.41, 5.74) is 10.2. The van der Waals surface area contributed by atoms with Crippen molar-refractivity contribution in [3.63, 3.8) is 0 Å². The molecule has 2 aromatic rings. The van der Waals surface area contributed by atoms with Crippen LogP contribution in [0.4, 0.5) is 5.82 Å². The van der Waals surface area contributed by atoms with Gasteiger partial charge in [-0.3, -0.25) is 0 Å². The van der Waals surface area contributed by atoms with Gasteiger partial charge in [-0.15, -0.1) is 0 Å². The van der Waals surface area contributed by atoms with Crippen molar-refractivity contribution in [2.24, 2.45) is 0 Å². The molecule has 1 aromatic heterocycles. The number of aryl methyl sites for hydroxylation is 3. The highest BCUT2D eigenvalue weighted by Gasteiger charge is 2.14. The first kappa shape index (κ1) is 11.2. The molecule has 86 valence electrons. The zero-order valence-electron chi connectivity index (χ0n) is 10.2. The van der Waals surface area contributed by atoms with E-state index in [4.69, 9.17) is 11.0 Å². The third-order valence-corrected chi connectivity index (χ3v) is 2.80. The Hall–Kier alpha value is -2.28. The first-order valence-electron chi connectivity index (χ1n) is 5.37. The third-order valence-electron chi connectivity index (χ3n) is 2.80. The van der Waals surface area contributed by atoms with Crippen LogP contribution >= 0.6 is 0 Å². The molecular formula is C13H14N4. The van der Waals surface area contributed by atoms with Gasteiger partial charge in [0.2, 0.25) is 0 Å². The van der Waals surface area contributed by atoms with Crippen molar-refractivity contribution in [3.05, 3.63) is 40.6 Å². The molecule has 0 amide bonds. The molecule has 0 aliphatic rings. The van der Waals surface area contributed by atoms with E-state index in [1.165, 1.54) is 0 Å². The topological polar surface area (TPSA) is 67.6 Å². The molecule has 0 saturated carbocycles. The lowest BCUT2D eigenvalue weighted by atomic mass is 10.1. The highest BCUT2D eigenvalue weighted by atomic mass is 15.3. The molecule has 17 heavy (non-hydrogen) atoms. The fourth-order valence-corrected chi connectivity index (χ4v) is 1.81. The van der Waals surface area contributed by atoms with E-state index in [1.807, 2.05) is 32.0 Å². The molecule has 0 aliphatic carbocycles. The van der Waals surface area contributed by atoms with Gasteiger partial charge in [-0.2, -0.15) is 10.4 Å². The van der Waals surface area contributed by atoms with E-state index < -0.39 is 0 Å². The first-order chi connectivity index (χ1) is 8.04. The lowest BCUT2D eigenvalue weighted by molar-refractivity contribution is 0.864. The van der Waals surface area contributed by atoms with Crippen molar-refractivity contribution >= 4 is 5.82 Å². The molecule has 4 nitrogen and oxygen atoms in total. The van der Waals surface area contributed by atoms with Crippen LogP contribution in [0.1, 0.15) is 22.4 Å². The molecule has 0 atom stereocenters. The summed E-state index contributed by atoms with van der Waals surface area (Å²) in [5, 5.41) is 13.3. The average molecular weight is 226 g/mol. The Balaban J connectivity index is 2.70. The van der Waals surface area contributed by atoms with Gasteiger partial charge in [-0.1, -0.05) is 12.1 Å². The second-order valence-electron chi connectivity index (χ2n) is 4.16. The van der Waals surface area contributed by atoms with E-state index in [9.17, 15) is 0 Å². The molecule has 0 unspecified atom stereocenters. The number of nitriles is 1. The summed E-state index contributed by atoms with van der Waals surface area (Å²) < 4.78 is 1.64. The van der Waals surface area contributed by atoms with Crippen LogP contribution in [-0.4, -0.2) is 9.78 Å². The smallest absolute Gasteiger partial charge is 0.145 e. The maximum atomic E-state index is 9.00. The molecule has 2 rings (SSSR count). The number of nitrogens with two attached hydrogens (primary N) is 1. The average Bonchev–Trinajstić information content (AvgIpc) is 2.57. The van der Waals surface area contributed by atoms with Gasteiger partial charge in [0.25, 0.3) is 0 Å². The molecule has 0 saturated heterocycles. The summed E-state index contributed by atoms with van der Waals surface area (Å²) in [7, 11) is 0.